The Morgan fingerprint density at radius 3 is 2.48 bits per heavy atom. The standard InChI is InChI=1S/C20H33N5/c1-2-6-14-24(13-5-1)19-11-12-21-20(23-19)22-17-8-7-15-25(16-17)18-9-3-4-10-18/h11-12,17-18H,1-10,13-16H2,(H,21,22,23). The van der Waals surface area contributed by atoms with E-state index in [1.165, 1.54) is 70.8 Å². The van der Waals surface area contributed by atoms with Crippen molar-refractivity contribution in [2.24, 2.45) is 0 Å². The predicted octanol–water partition coefficient (Wildman–Crippen LogP) is 3.68. The van der Waals surface area contributed by atoms with E-state index in [0.717, 1.165) is 37.4 Å². The zero-order valence-corrected chi connectivity index (χ0v) is 15.5. The first-order chi connectivity index (χ1) is 12.4. The Morgan fingerprint density at radius 2 is 1.68 bits per heavy atom. The average molecular weight is 344 g/mol. The quantitative estimate of drug-likeness (QED) is 0.903. The minimum atomic E-state index is 0.494. The van der Waals surface area contributed by atoms with Crippen LogP contribution >= 0.6 is 0 Å². The second-order valence-electron chi connectivity index (χ2n) is 8.06. The van der Waals surface area contributed by atoms with E-state index in [2.05, 4.69) is 26.2 Å². The van der Waals surface area contributed by atoms with Gasteiger partial charge >= 0.3 is 0 Å². The molecular weight excluding hydrogens is 310 g/mol. The lowest BCUT2D eigenvalue weighted by Crippen LogP contribution is -2.46. The largest absolute Gasteiger partial charge is 0.356 e. The summed E-state index contributed by atoms with van der Waals surface area (Å²) >= 11 is 0. The van der Waals surface area contributed by atoms with Crippen LogP contribution in [0.2, 0.25) is 0 Å². The second-order valence-corrected chi connectivity index (χ2v) is 8.06. The van der Waals surface area contributed by atoms with Crippen LogP contribution in [0, 0.1) is 0 Å². The molecule has 0 bridgehead atoms. The third kappa shape index (κ3) is 4.43. The van der Waals surface area contributed by atoms with Crippen molar-refractivity contribution in [3.8, 4) is 0 Å². The van der Waals surface area contributed by atoms with Crippen molar-refractivity contribution in [1.82, 2.24) is 14.9 Å². The van der Waals surface area contributed by atoms with E-state index < -0.39 is 0 Å². The van der Waals surface area contributed by atoms with Crippen molar-refractivity contribution in [3.05, 3.63) is 12.3 Å². The number of likely N-dealkylation sites (tertiary alicyclic amines) is 1. The van der Waals surface area contributed by atoms with Crippen molar-refractivity contribution in [1.29, 1.82) is 0 Å². The molecule has 0 aromatic carbocycles. The van der Waals surface area contributed by atoms with Crippen LogP contribution in [0.5, 0.6) is 0 Å². The summed E-state index contributed by atoms with van der Waals surface area (Å²) in [6.45, 7) is 4.70. The molecule has 0 radical (unpaired) electrons. The van der Waals surface area contributed by atoms with Crippen molar-refractivity contribution in [2.45, 2.75) is 76.3 Å². The maximum atomic E-state index is 4.84. The van der Waals surface area contributed by atoms with Crippen LogP contribution in [0.4, 0.5) is 11.8 Å². The van der Waals surface area contributed by atoms with Gasteiger partial charge in [-0.2, -0.15) is 4.98 Å². The average Bonchev–Trinajstić information content (AvgIpc) is 3.05. The van der Waals surface area contributed by atoms with E-state index in [-0.39, 0.29) is 0 Å². The van der Waals surface area contributed by atoms with Gasteiger partial charge in [0, 0.05) is 37.9 Å². The second kappa shape index (κ2) is 8.35. The van der Waals surface area contributed by atoms with Crippen LogP contribution in [0.3, 0.4) is 0 Å². The maximum Gasteiger partial charge on any atom is 0.224 e. The molecular formula is C20H33N5. The highest BCUT2D eigenvalue weighted by atomic mass is 15.2. The van der Waals surface area contributed by atoms with Crippen molar-refractivity contribution < 1.29 is 0 Å². The third-order valence-electron chi connectivity index (χ3n) is 6.20. The van der Waals surface area contributed by atoms with E-state index in [1.54, 1.807) is 0 Å². The summed E-state index contributed by atoms with van der Waals surface area (Å²) in [4.78, 5) is 14.5. The van der Waals surface area contributed by atoms with Crippen molar-refractivity contribution in [3.63, 3.8) is 0 Å². The van der Waals surface area contributed by atoms with E-state index in [4.69, 9.17) is 4.98 Å². The molecule has 2 saturated heterocycles. The van der Waals surface area contributed by atoms with Crippen molar-refractivity contribution >= 4 is 11.8 Å². The molecule has 0 amide bonds. The van der Waals surface area contributed by atoms with Gasteiger partial charge < -0.3 is 10.2 Å². The summed E-state index contributed by atoms with van der Waals surface area (Å²) < 4.78 is 0. The monoisotopic (exact) mass is 343 g/mol. The molecule has 1 aromatic heterocycles. The highest BCUT2D eigenvalue weighted by Gasteiger charge is 2.28. The Morgan fingerprint density at radius 1 is 0.880 bits per heavy atom. The van der Waals surface area contributed by atoms with Crippen molar-refractivity contribution in [2.75, 3.05) is 36.4 Å². The molecule has 1 unspecified atom stereocenters. The fourth-order valence-electron chi connectivity index (χ4n) is 4.80. The minimum Gasteiger partial charge on any atom is -0.356 e. The van der Waals surface area contributed by atoms with E-state index in [1.807, 2.05) is 6.20 Å². The van der Waals surface area contributed by atoms with Gasteiger partial charge in [0.25, 0.3) is 0 Å². The third-order valence-corrected chi connectivity index (χ3v) is 6.20. The topological polar surface area (TPSA) is 44.3 Å². The van der Waals surface area contributed by atoms with Crippen LogP contribution in [-0.2, 0) is 0 Å². The SMILES string of the molecule is c1cc(N2CCCCCC2)nc(NC2CCCN(C3CCCC3)C2)n1. The van der Waals surface area contributed by atoms with Gasteiger partial charge in [-0.15, -0.1) is 0 Å². The highest BCUT2D eigenvalue weighted by molar-refractivity contribution is 5.43. The smallest absolute Gasteiger partial charge is 0.224 e. The van der Waals surface area contributed by atoms with Crippen LogP contribution in [0.15, 0.2) is 12.3 Å². The van der Waals surface area contributed by atoms with Crippen LogP contribution in [0.25, 0.3) is 0 Å². The predicted molar refractivity (Wildman–Crippen MR) is 103 cm³/mol. The first-order valence-electron chi connectivity index (χ1n) is 10.5. The van der Waals surface area contributed by atoms with Gasteiger partial charge in [0.1, 0.15) is 5.82 Å². The number of nitrogens with zero attached hydrogens (tertiary/aromatic N) is 4. The molecule has 4 rings (SSSR count). The summed E-state index contributed by atoms with van der Waals surface area (Å²) in [5.41, 5.74) is 0. The van der Waals surface area contributed by atoms with E-state index in [9.17, 15) is 0 Å². The number of rotatable bonds is 4. The summed E-state index contributed by atoms with van der Waals surface area (Å²) in [6, 6.07) is 3.39. The number of piperidine rings is 1. The van der Waals surface area contributed by atoms with Crippen LogP contribution in [-0.4, -0.2) is 53.1 Å². The normalized spacial score (nSPS) is 26.6. The lowest BCUT2D eigenvalue weighted by molar-refractivity contribution is 0.156. The molecule has 3 heterocycles. The van der Waals surface area contributed by atoms with Crippen LogP contribution < -0.4 is 10.2 Å². The molecule has 1 atom stereocenters. The van der Waals surface area contributed by atoms with Gasteiger partial charge in [-0.1, -0.05) is 25.7 Å². The lowest BCUT2D eigenvalue weighted by atomic mass is 10.0. The van der Waals surface area contributed by atoms with Gasteiger partial charge in [-0.05, 0) is 51.1 Å². The molecule has 0 spiro atoms. The van der Waals surface area contributed by atoms with Gasteiger partial charge in [0.2, 0.25) is 5.95 Å². The number of nitrogens with one attached hydrogen (secondary N) is 1. The molecule has 3 fully saturated rings. The van der Waals surface area contributed by atoms with Gasteiger partial charge in [-0.3, -0.25) is 4.90 Å². The molecule has 5 heteroatoms. The fraction of sp³-hybridized carbons (Fsp3) is 0.800. The minimum absolute atomic E-state index is 0.494. The Kier molecular flexibility index (Phi) is 5.70. The Hall–Kier alpha value is -1.36. The molecule has 1 aliphatic carbocycles. The molecule has 1 aromatic rings. The van der Waals surface area contributed by atoms with Gasteiger partial charge in [-0.25, -0.2) is 4.98 Å². The zero-order chi connectivity index (χ0) is 16.9. The molecule has 25 heavy (non-hydrogen) atoms. The molecule has 1 saturated carbocycles. The molecule has 138 valence electrons. The molecule has 5 nitrogen and oxygen atoms in total. The zero-order valence-electron chi connectivity index (χ0n) is 15.5. The number of hydrogen-bond donors (Lipinski definition) is 1. The maximum absolute atomic E-state index is 4.84. The lowest BCUT2D eigenvalue weighted by Gasteiger charge is -2.37. The molecule has 3 aliphatic rings. The number of hydrogen-bond acceptors (Lipinski definition) is 5. The van der Waals surface area contributed by atoms with Crippen LogP contribution in [0.1, 0.15) is 64.2 Å². The van der Waals surface area contributed by atoms with E-state index >= 15 is 0 Å². The summed E-state index contributed by atoms with van der Waals surface area (Å²) in [6.07, 6.45) is 15.4. The first kappa shape index (κ1) is 17.1. The summed E-state index contributed by atoms with van der Waals surface area (Å²) in [7, 11) is 0. The Labute approximate surface area is 152 Å². The van der Waals surface area contributed by atoms with Gasteiger partial charge in [0.15, 0.2) is 0 Å². The van der Waals surface area contributed by atoms with E-state index in [0.29, 0.717) is 6.04 Å². The first-order valence-corrected chi connectivity index (χ1v) is 10.5. The summed E-state index contributed by atoms with van der Waals surface area (Å²) in [5.74, 6) is 1.92. The highest BCUT2D eigenvalue weighted by Crippen LogP contribution is 2.27. The Bertz CT molecular complexity index is 535. The number of anilines is 2. The fourth-order valence-corrected chi connectivity index (χ4v) is 4.80. The molecule has 2 aliphatic heterocycles. The number of aromatic nitrogens is 2. The van der Waals surface area contributed by atoms with Gasteiger partial charge in [0.05, 0.1) is 0 Å². The summed E-state index contributed by atoms with van der Waals surface area (Å²) in [5, 5.41) is 3.64. The Balaban J connectivity index is 1.37. The molecule has 1 N–H and O–H groups in total.